The Bertz CT molecular complexity index is 560. The molecule has 2 amide bonds. The molecule has 0 aliphatic carbocycles. The molecule has 1 aliphatic heterocycles. The van der Waals surface area contributed by atoms with E-state index in [1.54, 1.807) is 0 Å². The molecule has 2 unspecified atom stereocenters. The average Bonchev–Trinajstić information content (AvgIpc) is 2.82. The lowest BCUT2D eigenvalue weighted by Crippen LogP contribution is -2.44. The largest absolute Gasteiger partial charge is 0.383 e. The highest BCUT2D eigenvalue weighted by Crippen LogP contribution is 2.35. The van der Waals surface area contributed by atoms with E-state index in [2.05, 4.69) is 23.6 Å². The van der Waals surface area contributed by atoms with Crippen LogP contribution in [0, 0.1) is 0 Å². The summed E-state index contributed by atoms with van der Waals surface area (Å²) in [6.45, 7) is 2.67. The van der Waals surface area contributed by atoms with Crippen LogP contribution in [0.2, 0.25) is 0 Å². The summed E-state index contributed by atoms with van der Waals surface area (Å²) in [4.78, 5) is 23.8. The number of carbonyl (C=O) groups is 2. The summed E-state index contributed by atoms with van der Waals surface area (Å²) in [5, 5.41) is 5.63. The number of carbonyl (C=O) groups excluding carboxylic acids is 2. The van der Waals surface area contributed by atoms with Crippen molar-refractivity contribution in [3.8, 4) is 0 Å². The van der Waals surface area contributed by atoms with Gasteiger partial charge in [0.15, 0.2) is 0 Å². The lowest BCUT2D eigenvalue weighted by atomic mass is 9.95. The summed E-state index contributed by atoms with van der Waals surface area (Å²) < 4.78 is 4.84. The van der Waals surface area contributed by atoms with Crippen LogP contribution in [0.4, 0.5) is 5.69 Å². The molecule has 0 saturated carbocycles. The Kier molecular flexibility index (Phi) is 5.51. The second-order valence-electron chi connectivity index (χ2n) is 5.46. The highest BCUT2D eigenvalue weighted by atomic mass is 16.5. The van der Waals surface area contributed by atoms with E-state index in [0.29, 0.717) is 13.0 Å². The predicted octanol–water partition coefficient (Wildman–Crippen LogP) is 0.765. The molecule has 1 aromatic rings. The van der Waals surface area contributed by atoms with Gasteiger partial charge in [0.1, 0.15) is 6.04 Å². The maximum atomic E-state index is 12.1. The highest BCUT2D eigenvalue weighted by molar-refractivity contribution is 6.02. The van der Waals surface area contributed by atoms with Gasteiger partial charge >= 0.3 is 0 Å². The topological polar surface area (TPSA) is 93.5 Å². The van der Waals surface area contributed by atoms with Crippen molar-refractivity contribution in [1.29, 1.82) is 0 Å². The van der Waals surface area contributed by atoms with Crippen LogP contribution in [0.15, 0.2) is 18.2 Å². The van der Waals surface area contributed by atoms with Crippen molar-refractivity contribution in [2.24, 2.45) is 5.73 Å². The van der Waals surface area contributed by atoms with Crippen molar-refractivity contribution in [3.63, 3.8) is 0 Å². The first-order valence-corrected chi connectivity index (χ1v) is 7.52. The molecule has 1 aliphatic rings. The third-order valence-corrected chi connectivity index (χ3v) is 3.89. The number of fused-ring (bicyclic) bond motifs is 1. The number of aryl methyl sites for hydroxylation is 1. The van der Waals surface area contributed by atoms with Gasteiger partial charge in [-0.3, -0.25) is 9.59 Å². The quantitative estimate of drug-likeness (QED) is 0.693. The lowest BCUT2D eigenvalue weighted by molar-refractivity contribution is -0.123. The van der Waals surface area contributed by atoms with Gasteiger partial charge < -0.3 is 21.1 Å². The molecule has 4 N–H and O–H groups in total. The van der Waals surface area contributed by atoms with Crippen LogP contribution in [-0.4, -0.2) is 38.1 Å². The van der Waals surface area contributed by atoms with E-state index in [1.807, 2.05) is 12.1 Å². The highest BCUT2D eigenvalue weighted by Gasteiger charge is 2.30. The van der Waals surface area contributed by atoms with Crippen LogP contribution in [0.25, 0.3) is 0 Å². The second-order valence-corrected chi connectivity index (χ2v) is 5.46. The zero-order chi connectivity index (χ0) is 16.1. The van der Waals surface area contributed by atoms with Crippen LogP contribution in [-0.2, 0) is 20.7 Å². The molecular formula is C16H23N3O3. The SMILES string of the molecule is CCc1ccc2c(c1)C(CCNC(=O)C(N)COC)C(=O)N2. The van der Waals surface area contributed by atoms with Gasteiger partial charge in [0.2, 0.25) is 11.8 Å². The fourth-order valence-electron chi connectivity index (χ4n) is 2.61. The number of benzene rings is 1. The summed E-state index contributed by atoms with van der Waals surface area (Å²) in [5.41, 5.74) is 8.73. The van der Waals surface area contributed by atoms with Gasteiger partial charge in [-0.1, -0.05) is 19.1 Å². The van der Waals surface area contributed by atoms with Gasteiger partial charge in [0, 0.05) is 19.3 Å². The van der Waals surface area contributed by atoms with Gasteiger partial charge in [0.05, 0.1) is 12.5 Å². The van der Waals surface area contributed by atoms with Crippen LogP contribution < -0.4 is 16.4 Å². The Morgan fingerprint density at radius 1 is 1.50 bits per heavy atom. The number of methoxy groups -OCH3 is 1. The summed E-state index contributed by atoms with van der Waals surface area (Å²) in [5.74, 6) is -0.498. The number of rotatable bonds is 7. The molecule has 1 aromatic carbocycles. The molecule has 22 heavy (non-hydrogen) atoms. The van der Waals surface area contributed by atoms with Crippen molar-refractivity contribution in [2.75, 3.05) is 25.6 Å². The van der Waals surface area contributed by atoms with E-state index in [1.165, 1.54) is 12.7 Å². The zero-order valence-electron chi connectivity index (χ0n) is 13.0. The molecule has 0 radical (unpaired) electrons. The third-order valence-electron chi connectivity index (χ3n) is 3.89. The van der Waals surface area contributed by atoms with Crippen LogP contribution in [0.1, 0.15) is 30.4 Å². The average molecular weight is 305 g/mol. The van der Waals surface area contributed by atoms with E-state index >= 15 is 0 Å². The standard InChI is InChI=1S/C16H23N3O3/c1-3-10-4-5-14-12(8-10)11(15(20)19-14)6-7-18-16(21)13(17)9-22-2/h4-5,8,11,13H,3,6-7,9,17H2,1-2H3,(H,18,21)(H,19,20). The van der Waals surface area contributed by atoms with Gasteiger partial charge in [0.25, 0.3) is 0 Å². The molecule has 6 heteroatoms. The van der Waals surface area contributed by atoms with E-state index < -0.39 is 6.04 Å². The first kappa shape index (κ1) is 16.5. The summed E-state index contributed by atoms with van der Waals surface area (Å²) in [7, 11) is 1.50. The molecule has 2 rings (SSSR count). The zero-order valence-corrected chi connectivity index (χ0v) is 13.0. The molecule has 6 nitrogen and oxygen atoms in total. The van der Waals surface area contributed by atoms with Gasteiger partial charge in [-0.2, -0.15) is 0 Å². The van der Waals surface area contributed by atoms with Crippen molar-refractivity contribution >= 4 is 17.5 Å². The Balaban J connectivity index is 1.94. The maximum absolute atomic E-state index is 12.1. The molecule has 120 valence electrons. The molecule has 0 saturated heterocycles. The smallest absolute Gasteiger partial charge is 0.239 e. The number of amides is 2. The first-order chi connectivity index (χ1) is 10.6. The minimum Gasteiger partial charge on any atom is -0.383 e. The van der Waals surface area contributed by atoms with Crippen molar-refractivity contribution in [3.05, 3.63) is 29.3 Å². The van der Waals surface area contributed by atoms with Crippen LogP contribution in [0.3, 0.4) is 0 Å². The van der Waals surface area contributed by atoms with Gasteiger partial charge in [-0.15, -0.1) is 0 Å². The van der Waals surface area contributed by atoms with Crippen molar-refractivity contribution in [1.82, 2.24) is 5.32 Å². The monoisotopic (exact) mass is 305 g/mol. The fourth-order valence-corrected chi connectivity index (χ4v) is 2.61. The molecule has 1 heterocycles. The normalized spacial score (nSPS) is 17.8. The minimum atomic E-state index is -0.679. The van der Waals surface area contributed by atoms with E-state index in [4.69, 9.17) is 10.5 Å². The first-order valence-electron chi connectivity index (χ1n) is 7.52. The van der Waals surface area contributed by atoms with Crippen molar-refractivity contribution in [2.45, 2.75) is 31.7 Å². The molecular weight excluding hydrogens is 282 g/mol. The number of anilines is 1. The second kappa shape index (κ2) is 7.38. The Labute approximate surface area is 130 Å². The summed E-state index contributed by atoms with van der Waals surface area (Å²) in [6, 6.07) is 5.35. The van der Waals surface area contributed by atoms with Crippen LogP contribution >= 0.6 is 0 Å². The fraction of sp³-hybridized carbons (Fsp3) is 0.500. The number of ether oxygens (including phenoxy) is 1. The number of nitrogens with two attached hydrogens (primary N) is 1. The Morgan fingerprint density at radius 2 is 2.27 bits per heavy atom. The molecule has 0 bridgehead atoms. The van der Waals surface area contributed by atoms with Gasteiger partial charge in [-0.05, 0) is 30.0 Å². The van der Waals surface area contributed by atoms with E-state index in [9.17, 15) is 9.59 Å². The number of hydrogen-bond donors (Lipinski definition) is 3. The molecule has 2 atom stereocenters. The van der Waals surface area contributed by atoms with E-state index in [-0.39, 0.29) is 24.3 Å². The maximum Gasteiger partial charge on any atom is 0.239 e. The van der Waals surface area contributed by atoms with Crippen molar-refractivity contribution < 1.29 is 14.3 Å². The Hall–Kier alpha value is -1.92. The number of nitrogens with one attached hydrogen (secondary N) is 2. The van der Waals surface area contributed by atoms with Gasteiger partial charge in [-0.25, -0.2) is 0 Å². The molecule has 0 fully saturated rings. The van der Waals surface area contributed by atoms with E-state index in [0.717, 1.165) is 17.7 Å². The minimum absolute atomic E-state index is 0.0151. The summed E-state index contributed by atoms with van der Waals surface area (Å²) in [6.07, 6.45) is 1.48. The third kappa shape index (κ3) is 3.64. The number of hydrogen-bond acceptors (Lipinski definition) is 4. The predicted molar refractivity (Wildman–Crippen MR) is 84.7 cm³/mol. The molecule has 0 spiro atoms. The summed E-state index contributed by atoms with van der Waals surface area (Å²) >= 11 is 0. The van der Waals surface area contributed by atoms with Crippen LogP contribution in [0.5, 0.6) is 0 Å². The molecule has 0 aromatic heterocycles. The lowest BCUT2D eigenvalue weighted by Gasteiger charge is -2.13. The Morgan fingerprint density at radius 3 is 2.95 bits per heavy atom.